The molecule has 2 heterocycles. The van der Waals surface area contributed by atoms with Gasteiger partial charge < -0.3 is 27.3 Å². The van der Waals surface area contributed by atoms with E-state index in [9.17, 15) is 4.79 Å². The summed E-state index contributed by atoms with van der Waals surface area (Å²) in [4.78, 5) is 16.9. The average molecular weight is 883 g/mol. The van der Waals surface area contributed by atoms with Gasteiger partial charge in [-0.2, -0.15) is 11.8 Å². The van der Waals surface area contributed by atoms with Gasteiger partial charge in [0.05, 0.1) is 37.0 Å². The van der Waals surface area contributed by atoms with Crippen LogP contribution in [0.2, 0.25) is 72.5 Å². The summed E-state index contributed by atoms with van der Waals surface area (Å²) in [6.45, 7) is 30.9. The zero-order valence-corrected chi connectivity index (χ0v) is 43.9. The highest BCUT2D eigenvalue weighted by molar-refractivity contribution is 8.00. The SMILES string of the molecule is CCCS[C@H]1[C@@H](Cc2ccccc2)[C@@H]2[C@H](OC)C(=O)N2[C@@H]1[C@@H](O[Si](CC)(CC)CC)[C@H](O[Si](CC)(CC)CC)[C@@H](CO[Si](CC)(CC)CC)O[Si](CC)(CC)CC. The largest absolute Gasteiger partial charge is 0.414 e. The van der Waals surface area contributed by atoms with Crippen LogP contribution in [0.25, 0.3) is 0 Å². The van der Waals surface area contributed by atoms with Crippen LogP contribution in [0.3, 0.4) is 0 Å². The second-order valence-corrected chi connectivity index (χ2v) is 37.4. The van der Waals surface area contributed by atoms with Crippen molar-refractivity contribution in [2.24, 2.45) is 5.92 Å². The summed E-state index contributed by atoms with van der Waals surface area (Å²) in [7, 11) is -6.98. The number of amides is 1. The van der Waals surface area contributed by atoms with Gasteiger partial charge in [-0.05, 0) is 96.7 Å². The third-order valence-electron chi connectivity index (χ3n) is 15.2. The molecule has 3 rings (SSSR count). The molecule has 2 saturated heterocycles. The Balaban J connectivity index is 2.45. The zero-order chi connectivity index (χ0) is 42.4. The molecule has 8 atom stereocenters. The van der Waals surface area contributed by atoms with Gasteiger partial charge in [-0.15, -0.1) is 0 Å². The molecule has 12 heteroatoms. The van der Waals surface area contributed by atoms with Gasteiger partial charge in [0.2, 0.25) is 0 Å². The number of β-lactam (4-membered cyclic amide) rings is 1. The van der Waals surface area contributed by atoms with E-state index in [4.69, 9.17) is 22.4 Å². The lowest BCUT2D eigenvalue weighted by atomic mass is 9.84. The van der Waals surface area contributed by atoms with Crippen molar-refractivity contribution in [3.63, 3.8) is 0 Å². The van der Waals surface area contributed by atoms with Crippen molar-refractivity contribution in [2.75, 3.05) is 19.5 Å². The second kappa shape index (κ2) is 23.8. The first-order valence-corrected chi connectivity index (χ1v) is 34.7. The average Bonchev–Trinajstić information content (AvgIpc) is 3.53. The highest BCUT2D eigenvalue weighted by atomic mass is 32.2. The van der Waals surface area contributed by atoms with E-state index in [0.29, 0.717) is 6.61 Å². The van der Waals surface area contributed by atoms with Crippen molar-refractivity contribution < 1.29 is 27.2 Å². The van der Waals surface area contributed by atoms with Crippen molar-refractivity contribution in [2.45, 2.75) is 217 Å². The molecule has 330 valence electrons. The number of methoxy groups -OCH3 is 1. The summed E-state index contributed by atoms with van der Waals surface area (Å²) in [5.74, 6) is 1.37. The molecule has 2 aliphatic heterocycles. The van der Waals surface area contributed by atoms with Crippen LogP contribution in [-0.4, -0.2) is 105 Å². The summed E-state index contributed by atoms with van der Waals surface area (Å²) in [6, 6.07) is 23.4. The maximum absolute atomic E-state index is 14.6. The Kier molecular flexibility index (Phi) is 21.3. The second-order valence-electron chi connectivity index (χ2n) is 17.2. The van der Waals surface area contributed by atoms with Crippen molar-refractivity contribution >= 4 is 50.9 Å². The first-order valence-electron chi connectivity index (χ1n) is 23.6. The van der Waals surface area contributed by atoms with Crippen LogP contribution in [0, 0.1) is 5.92 Å². The van der Waals surface area contributed by atoms with Crippen LogP contribution in [0.5, 0.6) is 0 Å². The third kappa shape index (κ3) is 11.4. The number of ether oxygens (including phenoxy) is 1. The minimum atomic E-state index is -2.28. The van der Waals surface area contributed by atoms with Crippen LogP contribution >= 0.6 is 11.8 Å². The normalized spacial score (nSPS) is 23.4. The molecular formula is C45H87NO6SSi4. The number of nitrogens with zero attached hydrogens (tertiary/aromatic N) is 1. The summed E-state index contributed by atoms with van der Waals surface area (Å²) in [5, 5.41) is 0.163. The monoisotopic (exact) mass is 882 g/mol. The van der Waals surface area contributed by atoms with E-state index in [1.807, 2.05) is 0 Å². The topological polar surface area (TPSA) is 66.5 Å². The van der Waals surface area contributed by atoms with Crippen molar-refractivity contribution in [1.82, 2.24) is 4.90 Å². The first-order chi connectivity index (χ1) is 27.4. The van der Waals surface area contributed by atoms with Crippen molar-refractivity contribution in [3.05, 3.63) is 35.9 Å². The molecule has 0 N–H and O–H groups in total. The van der Waals surface area contributed by atoms with E-state index in [1.165, 1.54) is 5.56 Å². The highest BCUT2D eigenvalue weighted by Crippen LogP contribution is 2.51. The molecule has 0 unspecified atom stereocenters. The number of hydrogen-bond acceptors (Lipinski definition) is 7. The van der Waals surface area contributed by atoms with Crippen molar-refractivity contribution in [1.29, 1.82) is 0 Å². The van der Waals surface area contributed by atoms with E-state index < -0.39 is 39.4 Å². The van der Waals surface area contributed by atoms with Gasteiger partial charge >= 0.3 is 0 Å². The lowest BCUT2D eigenvalue weighted by Crippen LogP contribution is -2.70. The molecule has 2 fully saturated rings. The number of benzene rings is 1. The van der Waals surface area contributed by atoms with Gasteiger partial charge in [-0.3, -0.25) is 4.79 Å². The summed E-state index contributed by atoms with van der Waals surface area (Å²) in [5.41, 5.74) is 1.32. The Hall–Kier alpha value is -0.292. The zero-order valence-electron chi connectivity index (χ0n) is 39.1. The number of thioether (sulfide) groups is 1. The van der Waals surface area contributed by atoms with E-state index in [0.717, 1.165) is 91.1 Å². The van der Waals surface area contributed by atoms with Gasteiger partial charge in [0, 0.05) is 18.3 Å². The molecule has 0 bridgehead atoms. The summed E-state index contributed by atoms with van der Waals surface area (Å²) in [6.07, 6.45) is 0.591. The van der Waals surface area contributed by atoms with E-state index in [1.54, 1.807) is 7.11 Å². The third-order valence-corrected chi connectivity index (χ3v) is 35.5. The standard InChI is InChI=1S/C45H87NO6SSi4/c1-15-33-53-44-37(34-36-31-29-28-30-32-36)39-43(48-14)45(47)46(39)40(44)42(52-57(25-11,26-12)27-13)41(51-56(22-8,23-9)24-10)38(50-55(19-5,20-6)21-7)35-49-54(16-2,17-3)18-4/h28-32,37-44H,15-27,33-35H2,1-14H3/t37-,38+,39+,40+,41+,42+,43-,44-/m0/s1. The fourth-order valence-corrected chi connectivity index (χ4v) is 22.9. The van der Waals surface area contributed by atoms with Gasteiger partial charge in [0.1, 0.15) is 0 Å². The van der Waals surface area contributed by atoms with Gasteiger partial charge in [-0.25, -0.2) is 0 Å². The molecular weight excluding hydrogens is 795 g/mol. The van der Waals surface area contributed by atoms with Crippen LogP contribution in [-0.2, 0) is 33.7 Å². The fourth-order valence-electron chi connectivity index (χ4n) is 10.2. The quantitative estimate of drug-likeness (QED) is 0.0563. The fraction of sp³-hybridized carbons (Fsp3) is 0.844. The van der Waals surface area contributed by atoms with Gasteiger partial charge in [-0.1, -0.05) is 120 Å². The number of carbonyl (C=O) groups is 1. The Morgan fingerprint density at radius 1 is 0.649 bits per heavy atom. The van der Waals surface area contributed by atoms with Crippen LogP contribution < -0.4 is 0 Å². The molecule has 0 aromatic heterocycles. The van der Waals surface area contributed by atoms with Gasteiger partial charge in [0.15, 0.2) is 39.4 Å². The highest BCUT2D eigenvalue weighted by Gasteiger charge is 2.66. The minimum Gasteiger partial charge on any atom is -0.414 e. The number of hydrogen-bond donors (Lipinski definition) is 0. The molecule has 0 radical (unpaired) electrons. The molecule has 57 heavy (non-hydrogen) atoms. The van der Waals surface area contributed by atoms with E-state index in [2.05, 4.69) is 137 Å². The number of rotatable bonds is 30. The maximum Gasteiger partial charge on any atom is 0.254 e. The summed E-state index contributed by atoms with van der Waals surface area (Å²) < 4.78 is 37.4. The van der Waals surface area contributed by atoms with Crippen LogP contribution in [0.1, 0.15) is 102 Å². The van der Waals surface area contributed by atoms with Crippen LogP contribution in [0.4, 0.5) is 0 Å². The predicted molar refractivity (Wildman–Crippen MR) is 255 cm³/mol. The van der Waals surface area contributed by atoms with E-state index >= 15 is 0 Å². The van der Waals surface area contributed by atoms with Gasteiger partial charge in [0.25, 0.3) is 5.91 Å². The van der Waals surface area contributed by atoms with E-state index in [-0.39, 0.29) is 47.5 Å². The van der Waals surface area contributed by atoms with Crippen molar-refractivity contribution in [3.8, 4) is 0 Å². The lowest BCUT2D eigenvalue weighted by molar-refractivity contribution is -0.177. The Morgan fingerprint density at radius 2 is 1.12 bits per heavy atom. The molecule has 0 saturated carbocycles. The Bertz CT molecular complexity index is 1260. The number of fused-ring (bicyclic) bond motifs is 1. The minimum absolute atomic E-state index is 0.00775. The first kappa shape index (κ1) is 51.1. The van der Waals surface area contributed by atoms with Crippen LogP contribution in [0.15, 0.2) is 30.3 Å². The Labute approximate surface area is 359 Å². The lowest BCUT2D eigenvalue weighted by Gasteiger charge is -2.52. The molecule has 2 aliphatic rings. The smallest absolute Gasteiger partial charge is 0.254 e. The number of carbonyl (C=O) groups excluding carboxylic acids is 1. The summed E-state index contributed by atoms with van der Waals surface area (Å²) >= 11 is 2.06. The predicted octanol–water partition coefficient (Wildman–Crippen LogP) is 12.2. The molecule has 7 nitrogen and oxygen atoms in total. The molecule has 1 aromatic rings. The molecule has 0 spiro atoms. The molecule has 1 amide bonds. The Morgan fingerprint density at radius 3 is 1.58 bits per heavy atom. The molecule has 0 aliphatic carbocycles. The molecule has 1 aromatic carbocycles. The maximum atomic E-state index is 14.6.